The van der Waals surface area contributed by atoms with E-state index < -0.39 is 31.8 Å². The molecule has 32 heavy (non-hydrogen) atoms. The Bertz CT molecular complexity index is 978. The summed E-state index contributed by atoms with van der Waals surface area (Å²) >= 11 is 0. The smallest absolute Gasteiger partial charge is 0.353 e. The monoisotopic (exact) mass is 468 g/mol. The summed E-state index contributed by atoms with van der Waals surface area (Å²) in [6.07, 6.45) is -1.11. The third kappa shape index (κ3) is 6.04. The Morgan fingerprint density at radius 1 is 0.969 bits per heavy atom. The number of esters is 2. The van der Waals surface area contributed by atoms with Gasteiger partial charge in [0.05, 0.1) is 36.4 Å². The first-order valence-electron chi connectivity index (χ1n) is 9.62. The molecule has 1 amide bonds. The summed E-state index contributed by atoms with van der Waals surface area (Å²) in [4.78, 5) is 59.8. The van der Waals surface area contributed by atoms with Crippen LogP contribution in [0.5, 0.6) is 0 Å². The number of hydroxylamine groups is 2. The van der Waals surface area contributed by atoms with Crippen molar-refractivity contribution in [2.75, 3.05) is 32.3 Å². The largest absolute Gasteiger partial charge is 0.462 e. The summed E-state index contributed by atoms with van der Waals surface area (Å²) in [5.74, 6) is -1.96. The van der Waals surface area contributed by atoms with Crippen molar-refractivity contribution >= 4 is 31.1 Å². The number of hydrogen-bond acceptors (Lipinski definition) is 8. The lowest BCUT2D eigenvalue weighted by Crippen LogP contribution is -2.28. The van der Waals surface area contributed by atoms with Crippen molar-refractivity contribution in [3.63, 3.8) is 0 Å². The highest BCUT2D eigenvalue weighted by molar-refractivity contribution is 7.51. The molecular formula is C20H25N2O9P. The summed E-state index contributed by atoms with van der Waals surface area (Å²) in [6.45, 7) is 3.50. The van der Waals surface area contributed by atoms with Gasteiger partial charge in [-0.05, 0) is 30.5 Å². The maximum Gasteiger partial charge on any atom is 0.353 e. The number of nitrogens with two attached hydrogens (primary N) is 1. The number of fused-ring (bicyclic) bond motifs is 1. The molecule has 11 nitrogen and oxygen atoms in total. The van der Waals surface area contributed by atoms with Crippen LogP contribution in [0.4, 0.5) is 5.69 Å². The Balaban J connectivity index is 2.43. The van der Waals surface area contributed by atoms with Gasteiger partial charge in [-0.15, -0.1) is 0 Å². The van der Waals surface area contributed by atoms with Gasteiger partial charge in [-0.25, -0.2) is 14.7 Å². The first-order chi connectivity index (χ1) is 15.0. The molecule has 0 atom stereocenters. The van der Waals surface area contributed by atoms with Crippen molar-refractivity contribution in [2.45, 2.75) is 20.3 Å². The van der Waals surface area contributed by atoms with E-state index in [-0.39, 0.29) is 36.4 Å². The van der Waals surface area contributed by atoms with E-state index in [2.05, 4.69) is 0 Å². The van der Waals surface area contributed by atoms with E-state index in [1.165, 1.54) is 7.05 Å². The zero-order chi connectivity index (χ0) is 24.1. The standard InChI is InChI=1S/C20H25N2O9P/c1-4-29-19(24)16-13-8-6-12(10-15(23)22(3)31-11-32(26,27)28)7-9-14(13)17(18(16)21)20(25)30-5-2/h6-9H,4-5,10-11,21H2,1-3H3,(H2,26,27,28). The highest BCUT2D eigenvalue weighted by Crippen LogP contribution is 2.39. The van der Waals surface area contributed by atoms with E-state index in [4.69, 9.17) is 29.8 Å². The topological polar surface area (TPSA) is 166 Å². The number of likely N-dealkylation sites (N-methyl/N-ethyl adjacent to an activating group) is 1. The van der Waals surface area contributed by atoms with Gasteiger partial charge in [0.25, 0.3) is 0 Å². The Morgan fingerprint density at radius 2 is 1.44 bits per heavy atom. The molecule has 0 saturated heterocycles. The maximum atomic E-state index is 12.5. The predicted octanol–water partition coefficient (Wildman–Crippen LogP) is 1.79. The number of carbonyl (C=O) groups excluding carboxylic acids is 3. The zero-order valence-electron chi connectivity index (χ0n) is 17.9. The second-order valence-electron chi connectivity index (χ2n) is 6.66. The van der Waals surface area contributed by atoms with Gasteiger partial charge >= 0.3 is 19.5 Å². The number of amides is 1. The lowest BCUT2D eigenvalue weighted by atomic mass is 10.1. The van der Waals surface area contributed by atoms with Gasteiger partial charge in [-0.2, -0.15) is 0 Å². The molecule has 0 saturated carbocycles. The molecule has 174 valence electrons. The lowest BCUT2D eigenvalue weighted by molar-refractivity contribution is -0.171. The third-order valence-electron chi connectivity index (χ3n) is 4.38. The van der Waals surface area contributed by atoms with E-state index in [1.54, 1.807) is 38.1 Å². The van der Waals surface area contributed by atoms with Gasteiger partial charge in [0.2, 0.25) is 5.91 Å². The van der Waals surface area contributed by atoms with E-state index >= 15 is 0 Å². The van der Waals surface area contributed by atoms with Crippen LogP contribution in [0.2, 0.25) is 0 Å². The SMILES string of the molecule is CCOC(=O)c1c2ccc(CC(=O)N(C)OCP(=O)(O)O)ccc-2c(C(=O)OCC)c1N. The zero-order valence-corrected chi connectivity index (χ0v) is 18.8. The van der Waals surface area contributed by atoms with E-state index in [1.807, 2.05) is 0 Å². The summed E-state index contributed by atoms with van der Waals surface area (Å²) in [6, 6.07) is 6.21. The Hall–Kier alpha value is -2.98. The summed E-state index contributed by atoms with van der Waals surface area (Å²) < 4.78 is 21.0. The van der Waals surface area contributed by atoms with Crippen LogP contribution in [-0.4, -0.2) is 59.3 Å². The van der Waals surface area contributed by atoms with Gasteiger partial charge in [-0.3, -0.25) is 14.2 Å². The molecule has 2 aliphatic rings. The number of ether oxygens (including phenoxy) is 2. The van der Waals surface area contributed by atoms with Gasteiger partial charge < -0.3 is 25.0 Å². The highest BCUT2D eigenvalue weighted by Gasteiger charge is 2.30. The van der Waals surface area contributed by atoms with E-state index in [0.717, 1.165) is 5.06 Å². The third-order valence-corrected chi connectivity index (χ3v) is 4.83. The van der Waals surface area contributed by atoms with Crippen molar-refractivity contribution in [1.82, 2.24) is 5.06 Å². The number of rotatable bonds is 9. The first kappa shape index (κ1) is 25.3. The van der Waals surface area contributed by atoms with Crippen LogP contribution in [0.1, 0.15) is 40.1 Å². The van der Waals surface area contributed by atoms with Crippen molar-refractivity contribution in [1.29, 1.82) is 0 Å². The number of carbonyl (C=O) groups is 3. The van der Waals surface area contributed by atoms with Crippen LogP contribution in [0, 0.1) is 0 Å². The molecule has 4 N–H and O–H groups in total. The number of nitrogens with zero attached hydrogens (tertiary/aromatic N) is 1. The van der Waals surface area contributed by atoms with Crippen LogP contribution in [0.25, 0.3) is 11.1 Å². The molecule has 0 aromatic heterocycles. The molecule has 0 bridgehead atoms. The molecule has 0 aromatic carbocycles. The minimum absolute atomic E-state index is 0.0282. The molecular weight excluding hydrogens is 443 g/mol. The first-order valence-corrected chi connectivity index (χ1v) is 11.4. The molecule has 12 heteroatoms. The molecule has 0 unspecified atom stereocenters. The summed E-state index contributed by atoms with van der Waals surface area (Å²) in [5, 5.41) is 0.734. The van der Waals surface area contributed by atoms with Crippen LogP contribution in [0.3, 0.4) is 0 Å². The fourth-order valence-electron chi connectivity index (χ4n) is 2.95. The summed E-state index contributed by atoms with van der Waals surface area (Å²) in [5.41, 5.74) is 7.31. The van der Waals surface area contributed by atoms with Gasteiger partial charge in [0, 0.05) is 7.05 Å². The van der Waals surface area contributed by atoms with Crippen molar-refractivity contribution < 1.29 is 43.0 Å². The van der Waals surface area contributed by atoms with Gasteiger partial charge in [0.15, 0.2) is 6.35 Å². The minimum atomic E-state index is -4.44. The average Bonchev–Trinajstić information content (AvgIpc) is 2.84. The van der Waals surface area contributed by atoms with E-state index in [9.17, 15) is 18.9 Å². The molecule has 2 aliphatic carbocycles. The lowest BCUT2D eigenvalue weighted by Gasteiger charge is -2.16. The average molecular weight is 468 g/mol. The molecule has 0 heterocycles. The van der Waals surface area contributed by atoms with Crippen LogP contribution < -0.4 is 5.73 Å². The molecule has 0 radical (unpaired) electrons. The Labute approximate surface area is 184 Å². The minimum Gasteiger partial charge on any atom is -0.462 e. The second kappa shape index (κ2) is 10.6. The quantitative estimate of drug-likeness (QED) is 0.281. The molecule has 0 aliphatic heterocycles. The maximum absolute atomic E-state index is 12.5. The molecule has 0 fully saturated rings. The van der Waals surface area contributed by atoms with Crippen molar-refractivity contribution in [3.05, 3.63) is 41.0 Å². The number of anilines is 1. The van der Waals surface area contributed by atoms with Crippen LogP contribution >= 0.6 is 7.60 Å². The fraction of sp³-hybridized carbons (Fsp3) is 0.350. The summed E-state index contributed by atoms with van der Waals surface area (Å²) in [7, 11) is -3.21. The Morgan fingerprint density at radius 3 is 1.84 bits per heavy atom. The number of nitrogen functional groups attached to an aromatic ring is 1. The predicted molar refractivity (Wildman–Crippen MR) is 114 cm³/mol. The van der Waals surface area contributed by atoms with Crippen molar-refractivity contribution in [3.8, 4) is 11.1 Å². The fourth-order valence-corrected chi connectivity index (χ4v) is 3.27. The molecule has 0 aromatic rings. The highest BCUT2D eigenvalue weighted by atomic mass is 31.2. The van der Waals surface area contributed by atoms with Crippen molar-refractivity contribution in [2.24, 2.45) is 0 Å². The Kier molecular flexibility index (Phi) is 8.34. The number of hydrogen-bond donors (Lipinski definition) is 3. The van der Waals surface area contributed by atoms with Gasteiger partial charge in [-0.1, -0.05) is 24.3 Å². The normalized spacial score (nSPS) is 11.3. The molecule has 2 rings (SSSR count). The van der Waals surface area contributed by atoms with E-state index in [0.29, 0.717) is 16.7 Å². The molecule has 0 spiro atoms. The second-order valence-corrected chi connectivity index (χ2v) is 8.25. The van der Waals surface area contributed by atoms with Crippen LogP contribution in [0.15, 0.2) is 24.3 Å². The van der Waals surface area contributed by atoms with Crippen LogP contribution in [-0.2, 0) is 30.1 Å². The van der Waals surface area contributed by atoms with Gasteiger partial charge in [0.1, 0.15) is 0 Å².